The van der Waals surface area contributed by atoms with Crippen molar-refractivity contribution in [2.24, 2.45) is 0 Å². The lowest BCUT2D eigenvalue weighted by Crippen LogP contribution is -2.49. The van der Waals surface area contributed by atoms with Gasteiger partial charge in [-0.25, -0.2) is 0 Å². The second kappa shape index (κ2) is 7.17. The maximum absolute atomic E-state index is 12.3. The molecule has 1 aromatic carbocycles. The molecule has 0 spiro atoms. The van der Waals surface area contributed by atoms with Crippen LogP contribution in [0.2, 0.25) is 5.22 Å². The molecule has 1 aliphatic heterocycles. The molecule has 1 N–H and O–H groups in total. The van der Waals surface area contributed by atoms with Crippen LogP contribution in [0.25, 0.3) is 0 Å². The van der Waals surface area contributed by atoms with Crippen LogP contribution in [0.15, 0.2) is 46.9 Å². The van der Waals surface area contributed by atoms with Crippen molar-refractivity contribution in [3.8, 4) is 0 Å². The zero-order valence-corrected chi connectivity index (χ0v) is 13.4. The minimum atomic E-state index is -0.512. The average molecular weight is 335 g/mol. The lowest BCUT2D eigenvalue weighted by Gasteiger charge is -2.35. The average Bonchev–Trinajstić information content (AvgIpc) is 3.02. The molecule has 5 nitrogen and oxygen atoms in total. The molecule has 1 saturated heterocycles. The van der Waals surface area contributed by atoms with Crippen LogP contribution >= 0.6 is 11.6 Å². The van der Waals surface area contributed by atoms with Crippen molar-refractivity contribution in [3.63, 3.8) is 0 Å². The van der Waals surface area contributed by atoms with Gasteiger partial charge in [0.25, 0.3) is 5.91 Å². The fraction of sp³-hybridized carbons (Fsp3) is 0.353. The number of piperazine rings is 1. The van der Waals surface area contributed by atoms with Gasteiger partial charge in [0.2, 0.25) is 0 Å². The van der Waals surface area contributed by atoms with E-state index in [0.29, 0.717) is 19.6 Å². The van der Waals surface area contributed by atoms with E-state index in [9.17, 15) is 9.90 Å². The van der Waals surface area contributed by atoms with Crippen molar-refractivity contribution in [1.82, 2.24) is 9.80 Å². The first-order chi connectivity index (χ1) is 11.1. The molecule has 0 saturated carbocycles. The number of aliphatic hydroxyl groups excluding tert-OH is 1. The van der Waals surface area contributed by atoms with E-state index in [1.807, 2.05) is 30.3 Å². The molecular formula is C17H19ClN2O3. The Morgan fingerprint density at radius 3 is 2.43 bits per heavy atom. The van der Waals surface area contributed by atoms with Crippen LogP contribution in [0.1, 0.15) is 22.2 Å². The normalized spacial score (nSPS) is 17.2. The third-order valence-corrected chi connectivity index (χ3v) is 4.26. The first-order valence-electron chi connectivity index (χ1n) is 7.63. The van der Waals surface area contributed by atoms with Crippen LogP contribution in [0, 0.1) is 0 Å². The fourth-order valence-corrected chi connectivity index (χ4v) is 2.89. The van der Waals surface area contributed by atoms with E-state index in [0.717, 1.165) is 18.7 Å². The van der Waals surface area contributed by atoms with Crippen molar-refractivity contribution in [1.29, 1.82) is 0 Å². The first-order valence-corrected chi connectivity index (χ1v) is 8.01. The van der Waals surface area contributed by atoms with Crippen LogP contribution < -0.4 is 0 Å². The highest BCUT2D eigenvalue weighted by atomic mass is 35.5. The molecule has 0 aliphatic carbocycles. The number of aliphatic hydroxyl groups is 1. The Kier molecular flexibility index (Phi) is 5.00. The van der Waals surface area contributed by atoms with E-state index in [1.54, 1.807) is 17.0 Å². The van der Waals surface area contributed by atoms with Gasteiger partial charge in [0.05, 0.1) is 6.10 Å². The van der Waals surface area contributed by atoms with Crippen LogP contribution in [-0.4, -0.2) is 53.5 Å². The summed E-state index contributed by atoms with van der Waals surface area (Å²) in [4.78, 5) is 16.2. The number of furan rings is 1. The molecule has 2 heterocycles. The number of benzene rings is 1. The highest BCUT2D eigenvalue weighted by Crippen LogP contribution is 2.18. The quantitative estimate of drug-likeness (QED) is 0.933. The summed E-state index contributed by atoms with van der Waals surface area (Å²) in [5, 5.41) is 10.5. The molecule has 1 amide bonds. The summed E-state index contributed by atoms with van der Waals surface area (Å²) in [7, 11) is 0. The zero-order valence-electron chi connectivity index (χ0n) is 12.7. The number of rotatable bonds is 4. The predicted molar refractivity (Wildman–Crippen MR) is 87.5 cm³/mol. The Hall–Kier alpha value is -1.82. The molecular weight excluding hydrogens is 316 g/mol. The van der Waals surface area contributed by atoms with Gasteiger partial charge in [-0.3, -0.25) is 9.69 Å². The van der Waals surface area contributed by atoms with Gasteiger partial charge in [-0.1, -0.05) is 30.3 Å². The summed E-state index contributed by atoms with van der Waals surface area (Å²) in [5.74, 6) is 0.132. The lowest BCUT2D eigenvalue weighted by atomic mass is 10.1. The number of carbonyl (C=O) groups excluding carboxylic acids is 1. The molecule has 1 aromatic heterocycles. The lowest BCUT2D eigenvalue weighted by molar-refractivity contribution is 0.0503. The van der Waals surface area contributed by atoms with E-state index < -0.39 is 6.10 Å². The SMILES string of the molecule is O=C(c1ccc(Cl)o1)N1CCN(C[C@H](O)c2ccccc2)CC1. The van der Waals surface area contributed by atoms with E-state index in [4.69, 9.17) is 16.0 Å². The Morgan fingerprint density at radius 2 is 1.83 bits per heavy atom. The van der Waals surface area contributed by atoms with Crippen LogP contribution in [-0.2, 0) is 0 Å². The minimum Gasteiger partial charge on any atom is -0.440 e. The summed E-state index contributed by atoms with van der Waals surface area (Å²) in [5.41, 5.74) is 0.913. The fourth-order valence-electron chi connectivity index (χ4n) is 2.74. The van der Waals surface area contributed by atoms with Gasteiger partial charge in [0, 0.05) is 32.7 Å². The topological polar surface area (TPSA) is 56.9 Å². The standard InChI is InChI=1S/C17H19ClN2O3/c18-16-7-6-15(23-16)17(22)20-10-8-19(9-11-20)12-14(21)13-4-2-1-3-5-13/h1-7,14,21H,8-12H2/t14-/m0/s1. The van der Waals surface area contributed by atoms with Gasteiger partial charge in [-0.15, -0.1) is 0 Å². The number of nitrogens with zero attached hydrogens (tertiary/aromatic N) is 2. The van der Waals surface area contributed by atoms with E-state index in [1.165, 1.54) is 0 Å². The molecule has 0 bridgehead atoms. The molecule has 6 heteroatoms. The number of carbonyl (C=O) groups is 1. The van der Waals surface area contributed by atoms with Gasteiger partial charge in [-0.05, 0) is 29.3 Å². The number of hydrogen-bond acceptors (Lipinski definition) is 4. The maximum atomic E-state index is 12.3. The molecule has 0 unspecified atom stereocenters. The molecule has 2 aromatic rings. The van der Waals surface area contributed by atoms with Crippen molar-refractivity contribution >= 4 is 17.5 Å². The third-order valence-electron chi connectivity index (χ3n) is 4.06. The van der Waals surface area contributed by atoms with E-state index in [-0.39, 0.29) is 16.9 Å². The minimum absolute atomic E-state index is 0.139. The smallest absolute Gasteiger partial charge is 0.289 e. The Morgan fingerprint density at radius 1 is 1.13 bits per heavy atom. The van der Waals surface area contributed by atoms with Crippen LogP contribution in [0.4, 0.5) is 0 Å². The first kappa shape index (κ1) is 16.1. The molecule has 3 rings (SSSR count). The summed E-state index contributed by atoms with van der Waals surface area (Å²) < 4.78 is 5.17. The Labute approximate surface area is 140 Å². The molecule has 1 fully saturated rings. The molecule has 1 aliphatic rings. The molecule has 0 radical (unpaired) electrons. The number of halogens is 1. The predicted octanol–water partition coefficient (Wildman–Crippen LogP) is 2.42. The van der Waals surface area contributed by atoms with Gasteiger partial charge < -0.3 is 14.4 Å². The van der Waals surface area contributed by atoms with Gasteiger partial charge in [-0.2, -0.15) is 0 Å². The largest absolute Gasteiger partial charge is 0.440 e. The van der Waals surface area contributed by atoms with Crippen molar-refractivity contribution < 1.29 is 14.3 Å². The van der Waals surface area contributed by atoms with E-state index in [2.05, 4.69) is 4.90 Å². The Balaban J connectivity index is 1.51. The van der Waals surface area contributed by atoms with Crippen molar-refractivity contribution in [3.05, 3.63) is 59.0 Å². The second-order valence-corrected chi connectivity index (χ2v) is 6.00. The van der Waals surface area contributed by atoms with Crippen LogP contribution in [0.3, 0.4) is 0 Å². The number of β-amino-alcohol motifs (C(OH)–C–C–N with tert-alkyl or cyclic N) is 1. The highest BCUT2D eigenvalue weighted by molar-refractivity contribution is 6.29. The third kappa shape index (κ3) is 3.93. The van der Waals surface area contributed by atoms with E-state index >= 15 is 0 Å². The van der Waals surface area contributed by atoms with Crippen molar-refractivity contribution in [2.45, 2.75) is 6.10 Å². The highest BCUT2D eigenvalue weighted by Gasteiger charge is 2.25. The summed E-state index contributed by atoms with van der Waals surface area (Å²) in [6.45, 7) is 3.24. The number of amides is 1. The van der Waals surface area contributed by atoms with Crippen molar-refractivity contribution in [2.75, 3.05) is 32.7 Å². The zero-order chi connectivity index (χ0) is 16.2. The summed E-state index contributed by atoms with van der Waals surface area (Å²) in [6, 6.07) is 12.8. The molecule has 1 atom stereocenters. The molecule has 23 heavy (non-hydrogen) atoms. The number of hydrogen-bond donors (Lipinski definition) is 1. The van der Waals surface area contributed by atoms with Gasteiger partial charge in [0.1, 0.15) is 0 Å². The monoisotopic (exact) mass is 334 g/mol. The van der Waals surface area contributed by atoms with Crippen LogP contribution in [0.5, 0.6) is 0 Å². The molecule has 122 valence electrons. The summed E-state index contributed by atoms with van der Waals surface area (Å²) in [6.07, 6.45) is -0.512. The second-order valence-electron chi connectivity index (χ2n) is 5.62. The maximum Gasteiger partial charge on any atom is 0.289 e. The van der Waals surface area contributed by atoms with Gasteiger partial charge in [0.15, 0.2) is 11.0 Å². The summed E-state index contributed by atoms with van der Waals surface area (Å²) >= 11 is 5.71. The van der Waals surface area contributed by atoms with Gasteiger partial charge >= 0.3 is 0 Å². The Bertz CT molecular complexity index is 651.